The fourth-order valence-electron chi connectivity index (χ4n) is 18.3. The zero-order valence-corrected chi connectivity index (χ0v) is 80.9. The Balaban J connectivity index is 0.000000432. The van der Waals surface area contributed by atoms with Crippen LogP contribution in [-0.2, 0) is 33.5 Å². The maximum absolute atomic E-state index is 14.2. The van der Waals surface area contributed by atoms with Crippen molar-refractivity contribution in [2.45, 2.75) is 402 Å². The molecule has 1 aromatic carbocycles. The number of carboxylic acids is 5. The first kappa shape index (κ1) is 121. The van der Waals surface area contributed by atoms with Gasteiger partial charge in [-0.05, 0) is 203 Å². The molecular formula is C107H168F2O25. The quantitative estimate of drug-likeness (QED) is 0.0164. The summed E-state index contributed by atoms with van der Waals surface area (Å²) < 4.78 is 39.4. The van der Waals surface area contributed by atoms with Gasteiger partial charge >= 0.3 is 29.8 Å². The normalized spacial score (nSPS) is 27.5. The number of halogens is 2. The van der Waals surface area contributed by atoms with Gasteiger partial charge in [-0.1, -0.05) is 208 Å². The van der Waals surface area contributed by atoms with Crippen molar-refractivity contribution in [2.24, 2.45) is 65.1 Å². The van der Waals surface area contributed by atoms with Gasteiger partial charge in [0.2, 0.25) is 0 Å². The van der Waals surface area contributed by atoms with Crippen LogP contribution in [0.1, 0.15) is 318 Å². The van der Waals surface area contributed by atoms with E-state index in [1.807, 2.05) is 79.8 Å². The van der Waals surface area contributed by atoms with E-state index in [9.17, 15) is 98.8 Å². The number of carboxylic acid groups (broad SMARTS) is 5. The average Bonchev–Trinajstić information content (AvgIpc) is 1.65. The van der Waals surface area contributed by atoms with Crippen LogP contribution in [0.15, 0.2) is 139 Å². The Morgan fingerprint density at radius 3 is 1.40 bits per heavy atom. The fourth-order valence-corrected chi connectivity index (χ4v) is 18.3. The van der Waals surface area contributed by atoms with Gasteiger partial charge in [0.05, 0.1) is 78.0 Å². The maximum Gasteiger partial charge on any atom is 0.303 e. The number of hydrogen-bond donors (Lipinski definition) is 17. The third-order valence-electron chi connectivity index (χ3n) is 26.4. The number of unbranched alkanes of at least 4 members (excludes halogenated alkanes) is 13. The van der Waals surface area contributed by atoms with Crippen molar-refractivity contribution < 1.29 is 134 Å². The predicted molar refractivity (Wildman–Crippen MR) is 516 cm³/mol. The molecule has 0 radical (unpaired) electrons. The van der Waals surface area contributed by atoms with Gasteiger partial charge in [-0.25, -0.2) is 0 Å². The van der Waals surface area contributed by atoms with E-state index in [2.05, 4.69) is 32.6 Å². The number of allylic oxidation sites excluding steroid dienone is 10. The molecule has 134 heavy (non-hydrogen) atoms. The molecule has 1 aliphatic heterocycles. The molecule has 0 amide bonds. The molecule has 24 atom stereocenters. The summed E-state index contributed by atoms with van der Waals surface area (Å²) in [6.45, 7) is 12.9. The Morgan fingerprint density at radius 2 is 0.910 bits per heavy atom. The molecule has 17 N–H and O–H groups in total. The van der Waals surface area contributed by atoms with Crippen molar-refractivity contribution >= 4 is 35.6 Å². The van der Waals surface area contributed by atoms with Crippen molar-refractivity contribution in [3.05, 3.63) is 139 Å². The Hall–Kier alpha value is -7.56. The molecule has 1 heterocycles. The molecular weight excluding hydrogens is 1720 g/mol. The van der Waals surface area contributed by atoms with Crippen LogP contribution < -0.4 is 4.74 Å². The first-order valence-corrected chi connectivity index (χ1v) is 49.7. The van der Waals surface area contributed by atoms with Crippen LogP contribution >= 0.6 is 0 Å². The number of carbonyl (C=O) groups is 6. The molecule has 6 aliphatic rings. The summed E-state index contributed by atoms with van der Waals surface area (Å²) in [5.41, 5.74) is -1.81. The van der Waals surface area contributed by atoms with Crippen LogP contribution in [0.4, 0.5) is 8.78 Å². The predicted octanol–water partition coefficient (Wildman–Crippen LogP) is 17.8. The van der Waals surface area contributed by atoms with Crippen LogP contribution in [0.3, 0.4) is 0 Å². The number of aliphatic carboxylic acids is 5. The number of ketones is 1. The largest absolute Gasteiger partial charge is 0.495 e. The minimum Gasteiger partial charge on any atom is -0.495 e. The SMILES string of the molecule is CC#CCC(C)[C@H](O)/C=C/[C@@H]1[C@H]2C/C(=C/CCCC(=O)O)O[C@H]2C[C@H]1O.CCCCCCC[C@H](O)CC[C@@H]1[C@@H](C/C=C\CCCC(=O)O)[C@@H](O)C[C@H]1O.CCCCC[C@](C)(O)/C=C/[C@@H]1[C@@H](C/C=C\CCCC(=O)O)[C@@H](O)C[C@H]1O.CCCCC[C@](C)(O)/C=C/[C@H]1[C@H](O)CC(=O)[C@@H]1C/C=C\CCCC(=O)O.O=C(O)CCC/C=C\C[C@@H]1[C@@H](/C=C/C(F)(F)COc2ccccc2)[C@H](O)C[C@@H]1O. The smallest absolute Gasteiger partial charge is 0.303 e. The summed E-state index contributed by atoms with van der Waals surface area (Å²) in [6, 6.07) is 8.34. The number of aliphatic hydroxyl groups excluding tert-OH is 10. The summed E-state index contributed by atoms with van der Waals surface area (Å²) in [4.78, 5) is 64.7. The number of aliphatic hydroxyl groups is 12. The summed E-state index contributed by atoms with van der Waals surface area (Å²) >= 11 is 0. The van der Waals surface area contributed by atoms with Gasteiger partial charge in [0.1, 0.15) is 17.6 Å². The second kappa shape index (κ2) is 67.7. The highest BCUT2D eigenvalue weighted by atomic mass is 19.3. The van der Waals surface area contributed by atoms with E-state index in [-0.39, 0.29) is 122 Å². The molecule has 5 aliphatic carbocycles. The van der Waals surface area contributed by atoms with Gasteiger partial charge < -0.3 is 96.3 Å². The Bertz CT molecular complexity index is 3800. The molecule has 760 valence electrons. The number of carbonyl (C=O) groups excluding carboxylic acids is 1. The van der Waals surface area contributed by atoms with E-state index in [0.717, 1.165) is 82.5 Å². The van der Waals surface area contributed by atoms with Crippen molar-refractivity contribution in [1.82, 2.24) is 0 Å². The molecule has 27 heteroatoms. The molecule has 1 aromatic rings. The highest BCUT2D eigenvalue weighted by Crippen LogP contribution is 2.47. The number of hydrogen-bond acceptors (Lipinski definition) is 20. The molecule has 0 aromatic heterocycles. The Morgan fingerprint density at radius 1 is 0.485 bits per heavy atom. The van der Waals surface area contributed by atoms with Crippen molar-refractivity contribution in [3.8, 4) is 17.6 Å². The van der Waals surface area contributed by atoms with Crippen molar-refractivity contribution in [3.63, 3.8) is 0 Å². The Labute approximate surface area is 796 Å². The van der Waals surface area contributed by atoms with E-state index in [1.165, 1.54) is 31.8 Å². The van der Waals surface area contributed by atoms with Crippen molar-refractivity contribution in [1.29, 1.82) is 0 Å². The third-order valence-corrected chi connectivity index (χ3v) is 26.4. The van der Waals surface area contributed by atoms with Crippen molar-refractivity contribution in [2.75, 3.05) is 6.61 Å². The number of alkyl halides is 2. The average molecular weight is 1890 g/mol. The number of rotatable bonds is 58. The zero-order valence-electron chi connectivity index (χ0n) is 80.9. The second-order valence-corrected chi connectivity index (χ2v) is 38.2. The van der Waals surface area contributed by atoms with Gasteiger partial charge in [-0.15, -0.1) is 11.8 Å². The lowest BCUT2D eigenvalue weighted by molar-refractivity contribution is -0.138. The minimum atomic E-state index is -3.21. The maximum atomic E-state index is 14.2. The molecule has 0 spiro atoms. The molecule has 1 saturated heterocycles. The Kier molecular flexibility index (Phi) is 60.9. The lowest BCUT2D eigenvalue weighted by atomic mass is 9.85. The van der Waals surface area contributed by atoms with Crippen LogP contribution in [0.2, 0.25) is 0 Å². The molecule has 0 bridgehead atoms. The van der Waals surface area contributed by atoms with Gasteiger partial charge in [0.15, 0.2) is 6.61 Å². The van der Waals surface area contributed by atoms with Crippen LogP contribution in [0, 0.1) is 76.9 Å². The number of ether oxygens (including phenoxy) is 2. The summed E-state index contributed by atoms with van der Waals surface area (Å²) in [6.07, 6.45) is 52.6. The van der Waals surface area contributed by atoms with Gasteiger partial charge in [0, 0.05) is 106 Å². The molecule has 5 saturated carbocycles. The standard InChI is InChI=1S/C22H28F2O5.C22H40O5.C21H30O5.C21H36O5.C21H34O5/c23-22(24,15-29-16-8-4-3-5-9-16)13-12-18-17(19(25)14-20(18)26)10-6-1-2-7-11-21(27)28;1-2-3-4-5-8-11-17(23)14-15-19-18(20(24)16-21(19)25)12-9-6-7-10-13-22(26)27;1-3-4-7-14(2)18(22)11-10-16-17-12-15(8-5-6-9-21(24)25)26-20(17)13-19(16)23;2*1-3-4-9-13-21(2,26)14-12-17-16(18(22)15-19(17)23)10-7-5-6-8-11-20(24)25/h1,3-6,8-9,12-13,17-20,25-26H,2,7,10-11,14-15H2,(H,27,28);6,9,17-21,23-25H,2-5,7-8,10-16H2,1H3,(H,26,27);8,10-11,14,16-20,22-23H,5-7,9,12-13H2,1-2H3,(H,24,25);5,7,12,14,16-19,22-23,26H,3-4,6,8-11,13,15H2,1-2H3,(H,24,25);5,7,12,14,16-17,19,23,26H,3-4,6,8-11,13,15H2,1-2H3,(H,24,25)/b6-1-,13-12+;9-6-;11-10+,15-8-;2*7-5-,14-12+/t17-,18-,19+,20-;17-,18+,19+,20-,21+;14?,16-,17-,18-,19-,20+;16-,17-,18+,19-,21+;16-,17-,19-,21+/m10111/s1. The summed E-state index contributed by atoms with van der Waals surface area (Å²) in [5, 5.41) is 166. The lowest BCUT2D eigenvalue weighted by Gasteiger charge is -2.23. The van der Waals surface area contributed by atoms with E-state index in [1.54, 1.807) is 69.3 Å². The first-order chi connectivity index (χ1) is 63.7. The number of Topliss-reactive ketones (excluding diaryl/α,β-unsaturated/α-hetero) is 1. The van der Waals surface area contributed by atoms with Gasteiger partial charge in [-0.3, -0.25) is 28.8 Å². The number of benzene rings is 1. The van der Waals surface area contributed by atoms with Gasteiger partial charge in [-0.2, -0.15) is 8.78 Å². The molecule has 7 rings (SSSR count). The number of para-hydroxylation sites is 1. The first-order valence-electron chi connectivity index (χ1n) is 49.7. The van der Waals surface area contributed by atoms with Crippen LogP contribution in [0.5, 0.6) is 5.75 Å². The third kappa shape index (κ3) is 51.2. The fraction of sp³-hybridized carbons (Fsp3) is 0.701. The van der Waals surface area contributed by atoms with E-state index in [4.69, 9.17) is 35.0 Å². The number of fused-ring (bicyclic) bond motifs is 1. The highest BCUT2D eigenvalue weighted by molar-refractivity contribution is 5.85. The molecule has 1 unspecified atom stereocenters. The second-order valence-electron chi connectivity index (χ2n) is 38.2. The minimum absolute atomic E-state index is 0.00546. The van der Waals surface area contributed by atoms with E-state index < -0.39 is 114 Å². The summed E-state index contributed by atoms with van der Waals surface area (Å²) in [5.74, 6) is -1.55. The molecule has 25 nitrogen and oxygen atoms in total. The lowest BCUT2D eigenvalue weighted by Crippen LogP contribution is -2.25. The molecule has 6 fully saturated rings. The topological polar surface area (TPSA) is 465 Å². The summed E-state index contributed by atoms with van der Waals surface area (Å²) in [7, 11) is 0. The monoisotopic (exact) mass is 1890 g/mol. The van der Waals surface area contributed by atoms with E-state index in [0.29, 0.717) is 134 Å². The zero-order chi connectivity index (χ0) is 99.6. The van der Waals surface area contributed by atoms with E-state index >= 15 is 0 Å². The van der Waals surface area contributed by atoms with Crippen LogP contribution in [-0.4, -0.2) is 213 Å². The highest BCUT2D eigenvalue weighted by Gasteiger charge is 2.48. The van der Waals surface area contributed by atoms with Gasteiger partial charge in [0.25, 0.3) is 5.92 Å². The van der Waals surface area contributed by atoms with Crippen LogP contribution in [0.25, 0.3) is 0 Å².